The van der Waals surface area contributed by atoms with Gasteiger partial charge in [-0.25, -0.2) is 16.8 Å². The van der Waals surface area contributed by atoms with Gasteiger partial charge in [0.25, 0.3) is 0 Å². The van der Waals surface area contributed by atoms with Gasteiger partial charge in [0, 0.05) is 42.4 Å². The van der Waals surface area contributed by atoms with Crippen LogP contribution in [-0.2, 0) is 82.2 Å². The van der Waals surface area contributed by atoms with Gasteiger partial charge in [0.1, 0.15) is 68.1 Å². The normalized spacial score (nSPS) is 12.2. The lowest BCUT2D eigenvalue weighted by Crippen LogP contribution is -2.38. The van der Waals surface area contributed by atoms with E-state index in [1.165, 1.54) is 123 Å². The molecule has 0 atom stereocenters. The van der Waals surface area contributed by atoms with Gasteiger partial charge in [0.15, 0.2) is 8.32 Å². The minimum atomic E-state index is -4.76. The molecule has 0 unspecified atom stereocenters. The summed E-state index contributed by atoms with van der Waals surface area (Å²) in [7, 11) is -16.2. The number of sulfone groups is 2. The molecule has 11 aromatic carbocycles. The van der Waals surface area contributed by atoms with E-state index < -0.39 is 78.6 Å². The maximum atomic E-state index is 14.9. The first-order valence-electron chi connectivity index (χ1n) is 51.5. The van der Waals surface area contributed by atoms with Crippen molar-refractivity contribution in [2.45, 2.75) is 336 Å². The van der Waals surface area contributed by atoms with Crippen molar-refractivity contribution < 1.29 is 75.1 Å². The van der Waals surface area contributed by atoms with Gasteiger partial charge in [-0.1, -0.05) is 314 Å². The lowest BCUT2D eigenvalue weighted by Gasteiger charge is -2.33. The minimum Gasteiger partial charge on any atom is -0.497 e. The van der Waals surface area contributed by atoms with Gasteiger partial charge in [0.05, 0.1) is 39.4 Å². The second kappa shape index (κ2) is 56.7. The van der Waals surface area contributed by atoms with Crippen molar-refractivity contribution in [1.82, 2.24) is 10.1 Å². The molecule has 0 radical (unpaired) electrons. The standard InChI is InChI=1S/C60H76N2O12S3.C43H50O5SSi.2C8H18/c1-11-15-39-61(40-16-12-2)73-76(65,66)57-43-53(35-37-55(57)71-51-31-23-47(24-32-51)59(5,6)45-19-27-49(69-9)28-20-45)75(63,64)54-36-38-56(58(44-54)77(67,68)74-62(41-17-13-3)42-18-14-4)72-52-33-25-48(26-34-52)60(7,8)46-21-29-50(70-10)30-22-46;1-32-9-25-40(26-10-32)49(44,45)41-27-23-39(24-28-41)47-38-21-17-36(18-22-38)43(4,5)35-15-19-37(20-16-35)46-31-34-13-11-33(12-14-34)29-30-42(2,3)48-50(6,7)8;2*1-3-5-7-8-6-4-2/h19-38,43-44H,11-18,39-42H2,1-10H3;9-28H,29-31H2,1-8H3;2*3-8H2,1-2H3. The Morgan fingerprint density at radius 3 is 0.860 bits per heavy atom. The summed E-state index contributed by atoms with van der Waals surface area (Å²) < 4.78 is 167. The Balaban J connectivity index is 0.000000321. The number of unbranched alkanes of at least 4 members (excludes halogenated alkanes) is 14. The van der Waals surface area contributed by atoms with E-state index in [4.69, 9.17) is 41.4 Å². The molecule has 11 rings (SSSR count). The van der Waals surface area contributed by atoms with Gasteiger partial charge in [-0.15, -0.1) is 0 Å². The van der Waals surface area contributed by atoms with Gasteiger partial charge in [-0.3, -0.25) is 0 Å². The highest BCUT2D eigenvalue weighted by atomic mass is 32.2. The number of hydrogen-bond acceptors (Lipinski definition) is 19. The quantitative estimate of drug-likeness (QED) is 0.0196. The fraction of sp³-hybridized carbons (Fsp3) is 0.445. The van der Waals surface area contributed by atoms with E-state index in [0.29, 0.717) is 70.0 Å². The smallest absolute Gasteiger partial charge is 0.316 e. The average molecular weight is 2050 g/mol. The van der Waals surface area contributed by atoms with Crippen LogP contribution in [0.1, 0.15) is 296 Å². The Hall–Kier alpha value is -9.96. The van der Waals surface area contributed by atoms with E-state index in [2.05, 4.69) is 151 Å². The van der Waals surface area contributed by atoms with Crippen molar-refractivity contribution in [2.75, 3.05) is 40.4 Å². The third kappa shape index (κ3) is 36.6. The summed E-state index contributed by atoms with van der Waals surface area (Å²) in [4.78, 5) is -1.50. The first-order chi connectivity index (χ1) is 68.0. The summed E-state index contributed by atoms with van der Waals surface area (Å²) in [5.74, 6) is 3.76. The highest BCUT2D eigenvalue weighted by Crippen LogP contribution is 2.43. The highest BCUT2D eigenvalue weighted by molar-refractivity contribution is 7.92. The molecular weight excluding hydrogens is 1890 g/mol. The molecule has 0 saturated heterocycles. The first kappa shape index (κ1) is 118. The van der Waals surface area contributed by atoms with Crippen LogP contribution >= 0.6 is 0 Å². The number of hydroxylamine groups is 4. The molecule has 24 heteroatoms. The molecule has 0 aliphatic rings. The van der Waals surface area contributed by atoms with Crippen LogP contribution < -0.4 is 28.4 Å². The molecule has 778 valence electrons. The first-order valence-corrected chi connectivity index (χ1v) is 60.6. The molecule has 0 heterocycles. The monoisotopic (exact) mass is 2050 g/mol. The van der Waals surface area contributed by atoms with Crippen molar-refractivity contribution in [2.24, 2.45) is 0 Å². The Morgan fingerprint density at radius 1 is 0.294 bits per heavy atom. The number of hydrogen-bond donors (Lipinski definition) is 0. The largest absolute Gasteiger partial charge is 0.497 e. The molecule has 0 aliphatic heterocycles. The predicted molar refractivity (Wildman–Crippen MR) is 585 cm³/mol. The molecule has 143 heavy (non-hydrogen) atoms. The summed E-state index contributed by atoms with van der Waals surface area (Å²) in [5.41, 5.74) is 8.57. The molecule has 0 saturated carbocycles. The van der Waals surface area contributed by atoms with Crippen LogP contribution in [0.4, 0.5) is 0 Å². The molecule has 19 nitrogen and oxygen atoms in total. The summed E-state index contributed by atoms with van der Waals surface area (Å²) in [6.45, 7) is 44.5. The number of aryl methyl sites for hydroxylation is 2. The van der Waals surface area contributed by atoms with Crippen LogP contribution in [0.15, 0.2) is 284 Å². The van der Waals surface area contributed by atoms with Gasteiger partial charge in [-0.05, 0) is 269 Å². The summed E-state index contributed by atoms with van der Waals surface area (Å²) in [5, 5.41) is 2.75. The maximum absolute atomic E-state index is 14.9. The van der Waals surface area contributed by atoms with Crippen molar-refractivity contribution in [3.8, 4) is 51.7 Å². The third-order valence-corrected chi connectivity index (χ3v) is 32.7. The van der Waals surface area contributed by atoms with Crippen molar-refractivity contribution in [1.29, 1.82) is 0 Å². The zero-order valence-corrected chi connectivity index (χ0v) is 93.6. The van der Waals surface area contributed by atoms with E-state index in [1.807, 2.05) is 132 Å². The molecule has 0 aliphatic carbocycles. The predicted octanol–water partition coefficient (Wildman–Crippen LogP) is 31.6. The van der Waals surface area contributed by atoms with E-state index in [9.17, 15) is 33.7 Å². The van der Waals surface area contributed by atoms with Gasteiger partial charge >= 0.3 is 20.2 Å². The summed E-state index contributed by atoms with van der Waals surface area (Å²) in [6, 6.07) is 75.4. The van der Waals surface area contributed by atoms with Crippen LogP contribution in [0.2, 0.25) is 19.6 Å². The van der Waals surface area contributed by atoms with E-state index >= 15 is 0 Å². The topological polar surface area (TPSA) is 226 Å². The number of methoxy groups -OCH3 is 2. The van der Waals surface area contributed by atoms with Crippen LogP contribution in [-0.4, -0.2) is 98.1 Å². The molecule has 0 N–H and O–H groups in total. The van der Waals surface area contributed by atoms with Gasteiger partial charge in [-0.2, -0.15) is 35.5 Å². The zero-order valence-electron chi connectivity index (χ0n) is 89.3. The Morgan fingerprint density at radius 2 is 0.559 bits per heavy atom. The van der Waals surface area contributed by atoms with Gasteiger partial charge in [0.2, 0.25) is 19.7 Å². The SMILES string of the molecule is CCCCCCCC.CCCCCCCC.CCCCN(CCCC)OS(=O)(=O)c1cc(S(=O)(=O)c2ccc(Oc3ccc(C(C)(C)c4ccc(OC)cc4)cc3)c(S(=O)(=O)ON(CCCC)CCCC)c2)ccc1Oc1ccc(C(C)(C)c2ccc(OC)cc2)cc1.Cc1ccc(S(=O)(=O)c2ccc(Oc3ccc(C(C)(C)c4ccc(OCc5ccc(CCC(C)(C)O[Si](C)(C)C)cc5)cc4)cc3)cc2)cc1. The summed E-state index contributed by atoms with van der Waals surface area (Å²) in [6.07, 6.45) is 24.6. The van der Waals surface area contributed by atoms with Gasteiger partial charge < -0.3 is 32.8 Å². The van der Waals surface area contributed by atoms with Crippen molar-refractivity contribution >= 4 is 48.2 Å². The lowest BCUT2D eigenvalue weighted by atomic mass is 9.78. The molecule has 0 amide bonds. The molecule has 0 spiro atoms. The van der Waals surface area contributed by atoms with Crippen LogP contribution in [0, 0.1) is 6.92 Å². The van der Waals surface area contributed by atoms with E-state index in [-0.39, 0.29) is 43.8 Å². The minimum absolute atomic E-state index is 0.114. The van der Waals surface area contributed by atoms with E-state index in [0.717, 1.165) is 107 Å². The Kier molecular flexibility index (Phi) is 46.9. The fourth-order valence-corrected chi connectivity index (χ4v) is 23.1. The molecule has 0 bridgehead atoms. The Labute approximate surface area is 860 Å². The fourth-order valence-electron chi connectivity index (χ4n) is 16.3. The molecule has 0 aromatic heterocycles. The van der Waals surface area contributed by atoms with Crippen LogP contribution in [0.25, 0.3) is 0 Å². The molecule has 0 fully saturated rings. The Bertz CT molecular complexity index is 5870. The lowest BCUT2D eigenvalue weighted by molar-refractivity contribution is -0.0535. The molecular formula is C119H162N2O17S4Si. The average Bonchev–Trinajstić information content (AvgIpc) is 0.756. The van der Waals surface area contributed by atoms with Crippen molar-refractivity contribution in [3.63, 3.8) is 0 Å². The number of nitrogens with zero attached hydrogens (tertiary/aromatic N) is 2. The van der Waals surface area contributed by atoms with Crippen LogP contribution in [0.3, 0.4) is 0 Å². The third-order valence-electron chi connectivity index (χ3n) is 25.5. The second-order valence-electron chi connectivity index (χ2n) is 40.0. The van der Waals surface area contributed by atoms with E-state index in [1.54, 1.807) is 87.0 Å². The van der Waals surface area contributed by atoms with Crippen LogP contribution in [0.5, 0.6) is 51.7 Å². The maximum Gasteiger partial charge on any atom is 0.316 e. The van der Waals surface area contributed by atoms with Crippen molar-refractivity contribution in [3.05, 3.63) is 305 Å². The number of benzene rings is 11. The molecule has 11 aromatic rings. The zero-order chi connectivity index (χ0) is 105. The second-order valence-corrected chi connectivity index (χ2v) is 51.3. The number of ether oxygens (including phenoxy) is 6. The highest BCUT2D eigenvalue weighted by Gasteiger charge is 2.35. The summed E-state index contributed by atoms with van der Waals surface area (Å²) >= 11 is 0. The number of rotatable bonds is 54.